The molecular weight excluding hydrogens is 314 g/mol. The molecule has 0 radical (unpaired) electrons. The summed E-state index contributed by atoms with van der Waals surface area (Å²) in [5, 5.41) is 17.1. The number of rotatable bonds is 8. The number of aliphatic hydroxyl groups is 1. The summed E-state index contributed by atoms with van der Waals surface area (Å²) in [6, 6.07) is 8.12. The van der Waals surface area contributed by atoms with Gasteiger partial charge < -0.3 is 20.5 Å². The molecule has 0 heterocycles. The SMILES string of the molecule is CCNC(=NCc1ccccc1OCC1CC1)NCC1(O)CCCC1. The van der Waals surface area contributed by atoms with Crippen molar-refractivity contribution in [3.8, 4) is 5.75 Å². The normalized spacial score (nSPS) is 19.7. The molecule has 1 aromatic rings. The number of guanidine groups is 1. The van der Waals surface area contributed by atoms with Crippen molar-refractivity contribution in [2.24, 2.45) is 10.9 Å². The van der Waals surface area contributed by atoms with E-state index in [2.05, 4.69) is 21.7 Å². The highest BCUT2D eigenvalue weighted by Gasteiger charge is 2.31. The Hall–Kier alpha value is -1.75. The molecule has 2 fully saturated rings. The minimum atomic E-state index is -0.582. The predicted molar refractivity (Wildman–Crippen MR) is 101 cm³/mol. The fourth-order valence-corrected chi connectivity index (χ4v) is 3.23. The van der Waals surface area contributed by atoms with Gasteiger partial charge in [0.15, 0.2) is 5.96 Å². The Bertz CT molecular complexity index is 578. The van der Waals surface area contributed by atoms with Gasteiger partial charge in [0.1, 0.15) is 5.75 Å². The van der Waals surface area contributed by atoms with E-state index in [1.165, 1.54) is 12.8 Å². The van der Waals surface area contributed by atoms with Gasteiger partial charge in [-0.15, -0.1) is 0 Å². The van der Waals surface area contributed by atoms with Crippen molar-refractivity contribution in [2.45, 2.75) is 57.6 Å². The van der Waals surface area contributed by atoms with Crippen molar-refractivity contribution in [3.05, 3.63) is 29.8 Å². The molecule has 2 aliphatic rings. The maximum absolute atomic E-state index is 10.5. The van der Waals surface area contributed by atoms with Gasteiger partial charge in [0.25, 0.3) is 0 Å². The van der Waals surface area contributed by atoms with Crippen LogP contribution in [0.1, 0.15) is 51.0 Å². The quantitative estimate of drug-likeness (QED) is 0.501. The molecule has 0 amide bonds. The van der Waals surface area contributed by atoms with Gasteiger partial charge in [0.05, 0.1) is 18.8 Å². The zero-order valence-electron chi connectivity index (χ0n) is 15.3. The first-order valence-electron chi connectivity index (χ1n) is 9.64. The van der Waals surface area contributed by atoms with Gasteiger partial charge in [-0.2, -0.15) is 0 Å². The molecule has 0 aromatic heterocycles. The summed E-state index contributed by atoms with van der Waals surface area (Å²) in [5.74, 6) is 2.42. The Morgan fingerprint density at radius 1 is 1.24 bits per heavy atom. The molecule has 5 nitrogen and oxygen atoms in total. The number of hydrogen-bond donors (Lipinski definition) is 3. The molecule has 3 N–H and O–H groups in total. The number of nitrogens with zero attached hydrogens (tertiary/aromatic N) is 1. The average molecular weight is 345 g/mol. The second-order valence-electron chi connectivity index (χ2n) is 7.34. The molecule has 25 heavy (non-hydrogen) atoms. The van der Waals surface area contributed by atoms with E-state index in [9.17, 15) is 5.11 Å². The van der Waals surface area contributed by atoms with E-state index in [-0.39, 0.29) is 0 Å². The molecule has 0 bridgehead atoms. The van der Waals surface area contributed by atoms with Gasteiger partial charge in [-0.05, 0) is 44.6 Å². The minimum absolute atomic E-state index is 0.554. The zero-order valence-corrected chi connectivity index (χ0v) is 15.3. The lowest BCUT2D eigenvalue weighted by Crippen LogP contribution is -2.46. The molecule has 0 saturated heterocycles. The lowest BCUT2D eigenvalue weighted by molar-refractivity contribution is 0.0522. The highest BCUT2D eigenvalue weighted by molar-refractivity contribution is 5.79. The van der Waals surface area contributed by atoms with E-state index >= 15 is 0 Å². The van der Waals surface area contributed by atoms with Crippen LogP contribution in [0, 0.1) is 5.92 Å². The molecule has 5 heteroatoms. The third kappa shape index (κ3) is 5.63. The first kappa shape index (κ1) is 18.1. The van der Waals surface area contributed by atoms with Crippen LogP contribution in [0.25, 0.3) is 0 Å². The van der Waals surface area contributed by atoms with Crippen LogP contribution in [-0.2, 0) is 6.54 Å². The molecule has 2 saturated carbocycles. The Balaban J connectivity index is 1.58. The Labute approximate surface area is 150 Å². The number of aliphatic imine (C=N–C) groups is 1. The lowest BCUT2D eigenvalue weighted by atomic mass is 10.0. The first-order valence-corrected chi connectivity index (χ1v) is 9.64. The van der Waals surface area contributed by atoms with Crippen LogP contribution in [0.4, 0.5) is 0 Å². The average Bonchev–Trinajstić information content (AvgIpc) is 3.36. The van der Waals surface area contributed by atoms with Crippen molar-refractivity contribution < 1.29 is 9.84 Å². The van der Waals surface area contributed by atoms with Gasteiger partial charge >= 0.3 is 0 Å². The monoisotopic (exact) mass is 345 g/mol. The topological polar surface area (TPSA) is 65.9 Å². The van der Waals surface area contributed by atoms with Crippen LogP contribution in [-0.4, -0.2) is 36.4 Å². The van der Waals surface area contributed by atoms with Crippen LogP contribution >= 0.6 is 0 Å². The summed E-state index contributed by atoms with van der Waals surface area (Å²) in [7, 11) is 0. The van der Waals surface area contributed by atoms with Crippen molar-refractivity contribution in [1.82, 2.24) is 10.6 Å². The van der Waals surface area contributed by atoms with Crippen LogP contribution in [0.5, 0.6) is 5.75 Å². The first-order chi connectivity index (χ1) is 12.2. The summed E-state index contributed by atoms with van der Waals surface area (Å²) in [6.45, 7) is 4.78. The maximum atomic E-state index is 10.5. The smallest absolute Gasteiger partial charge is 0.191 e. The van der Waals surface area contributed by atoms with Crippen LogP contribution in [0.3, 0.4) is 0 Å². The maximum Gasteiger partial charge on any atom is 0.191 e. The fraction of sp³-hybridized carbons (Fsp3) is 0.650. The van der Waals surface area contributed by atoms with Gasteiger partial charge in [0.2, 0.25) is 0 Å². The molecule has 2 aliphatic carbocycles. The van der Waals surface area contributed by atoms with Crippen molar-refractivity contribution in [2.75, 3.05) is 19.7 Å². The Kier molecular flexibility index (Phi) is 6.19. The van der Waals surface area contributed by atoms with Crippen LogP contribution < -0.4 is 15.4 Å². The van der Waals surface area contributed by atoms with E-state index in [4.69, 9.17) is 4.74 Å². The van der Waals surface area contributed by atoms with Crippen molar-refractivity contribution in [3.63, 3.8) is 0 Å². The number of para-hydroxylation sites is 1. The minimum Gasteiger partial charge on any atom is -0.493 e. The highest BCUT2D eigenvalue weighted by Crippen LogP contribution is 2.30. The summed E-state index contributed by atoms with van der Waals surface area (Å²) in [4.78, 5) is 4.68. The highest BCUT2D eigenvalue weighted by atomic mass is 16.5. The van der Waals surface area contributed by atoms with Crippen molar-refractivity contribution in [1.29, 1.82) is 0 Å². The molecule has 1 aromatic carbocycles. The Morgan fingerprint density at radius 3 is 2.72 bits per heavy atom. The number of benzene rings is 1. The fourth-order valence-electron chi connectivity index (χ4n) is 3.23. The lowest BCUT2D eigenvalue weighted by Gasteiger charge is -2.23. The van der Waals surface area contributed by atoms with Crippen LogP contribution in [0.2, 0.25) is 0 Å². The van der Waals surface area contributed by atoms with Gasteiger partial charge in [-0.1, -0.05) is 31.0 Å². The standard InChI is InChI=1S/C20H31N3O2/c1-2-21-19(23-15-20(24)11-5-6-12-20)22-13-17-7-3-4-8-18(17)25-14-16-9-10-16/h3-4,7-8,16,24H,2,5-6,9-15H2,1H3,(H2,21,22,23). The van der Waals surface area contributed by atoms with Gasteiger partial charge in [-0.3, -0.25) is 0 Å². The molecule has 3 rings (SSSR count). The Morgan fingerprint density at radius 2 is 2.00 bits per heavy atom. The van der Waals surface area contributed by atoms with E-state index in [1.807, 2.05) is 25.1 Å². The van der Waals surface area contributed by atoms with E-state index in [0.29, 0.717) is 13.1 Å². The molecule has 0 unspecified atom stereocenters. The number of nitrogens with one attached hydrogen (secondary N) is 2. The van der Waals surface area contributed by atoms with Gasteiger partial charge in [-0.25, -0.2) is 4.99 Å². The summed E-state index contributed by atoms with van der Waals surface area (Å²) in [6.07, 6.45) is 6.54. The molecular formula is C20H31N3O2. The van der Waals surface area contributed by atoms with E-state index in [1.54, 1.807) is 0 Å². The third-order valence-electron chi connectivity index (χ3n) is 5.01. The second-order valence-corrected chi connectivity index (χ2v) is 7.34. The largest absolute Gasteiger partial charge is 0.493 e. The zero-order chi connectivity index (χ0) is 17.5. The molecule has 138 valence electrons. The summed E-state index contributed by atoms with van der Waals surface area (Å²) < 4.78 is 5.96. The van der Waals surface area contributed by atoms with E-state index < -0.39 is 5.60 Å². The summed E-state index contributed by atoms with van der Waals surface area (Å²) >= 11 is 0. The molecule has 0 atom stereocenters. The second kappa shape index (κ2) is 8.56. The number of hydrogen-bond acceptors (Lipinski definition) is 3. The van der Waals surface area contributed by atoms with Gasteiger partial charge in [0, 0.05) is 18.7 Å². The van der Waals surface area contributed by atoms with Crippen molar-refractivity contribution >= 4 is 5.96 Å². The molecule has 0 aliphatic heterocycles. The third-order valence-corrected chi connectivity index (χ3v) is 5.01. The predicted octanol–water partition coefficient (Wildman–Crippen LogP) is 2.84. The number of ether oxygens (including phenoxy) is 1. The summed E-state index contributed by atoms with van der Waals surface area (Å²) in [5.41, 5.74) is 0.515. The van der Waals surface area contributed by atoms with E-state index in [0.717, 1.165) is 62.0 Å². The molecule has 0 spiro atoms. The van der Waals surface area contributed by atoms with Crippen LogP contribution in [0.15, 0.2) is 29.3 Å².